The van der Waals surface area contributed by atoms with E-state index in [9.17, 15) is 4.79 Å². The van der Waals surface area contributed by atoms with Crippen LogP contribution >= 0.6 is 0 Å². The molecule has 0 aromatic carbocycles. The summed E-state index contributed by atoms with van der Waals surface area (Å²) in [5, 5.41) is 0. The first kappa shape index (κ1) is 16.0. The number of amides is 1. The van der Waals surface area contributed by atoms with E-state index in [2.05, 4.69) is 23.9 Å². The number of piperidine rings is 1. The van der Waals surface area contributed by atoms with Crippen LogP contribution in [-0.2, 0) is 0 Å². The number of aromatic nitrogens is 1. The molecule has 23 heavy (non-hydrogen) atoms. The number of rotatable bonds is 5. The molecule has 1 amide bonds. The summed E-state index contributed by atoms with van der Waals surface area (Å²) in [6, 6.07) is 3.61. The van der Waals surface area contributed by atoms with Gasteiger partial charge in [0.2, 0.25) is 0 Å². The van der Waals surface area contributed by atoms with Crippen molar-refractivity contribution in [3.05, 3.63) is 30.2 Å². The highest BCUT2D eigenvalue weighted by atomic mass is 16.3. The molecule has 2 aromatic rings. The highest BCUT2D eigenvalue weighted by molar-refractivity contribution is 5.96. The molecule has 0 N–H and O–H groups in total. The van der Waals surface area contributed by atoms with Gasteiger partial charge in [0.05, 0.1) is 11.8 Å². The number of pyridine rings is 1. The average molecular weight is 315 g/mol. The lowest BCUT2D eigenvalue weighted by atomic mass is 9.93. The van der Waals surface area contributed by atoms with Crippen LogP contribution in [0.15, 0.2) is 29.0 Å². The van der Waals surface area contributed by atoms with Gasteiger partial charge >= 0.3 is 0 Å². The second-order valence-corrected chi connectivity index (χ2v) is 6.45. The van der Waals surface area contributed by atoms with Crippen LogP contribution < -0.4 is 0 Å². The highest BCUT2D eigenvalue weighted by Gasteiger charge is 2.24. The third-order valence-corrected chi connectivity index (χ3v) is 4.91. The molecule has 5 nitrogen and oxygen atoms in total. The Labute approximate surface area is 137 Å². The predicted molar refractivity (Wildman–Crippen MR) is 90.4 cm³/mol. The van der Waals surface area contributed by atoms with Gasteiger partial charge in [-0.1, -0.05) is 6.92 Å². The van der Waals surface area contributed by atoms with Crippen LogP contribution in [0.3, 0.4) is 0 Å². The summed E-state index contributed by atoms with van der Waals surface area (Å²) >= 11 is 0. The molecular weight excluding hydrogens is 290 g/mol. The van der Waals surface area contributed by atoms with E-state index in [1.165, 1.54) is 6.42 Å². The maximum absolute atomic E-state index is 12.6. The minimum atomic E-state index is 0.0694. The largest absolute Gasteiger partial charge is 0.463 e. The molecule has 0 unspecified atom stereocenters. The van der Waals surface area contributed by atoms with E-state index >= 15 is 0 Å². The Kier molecular flexibility index (Phi) is 4.96. The summed E-state index contributed by atoms with van der Waals surface area (Å²) in [4.78, 5) is 21.2. The zero-order valence-corrected chi connectivity index (χ0v) is 14.0. The summed E-state index contributed by atoms with van der Waals surface area (Å²) in [5.74, 6) is 0.804. The second-order valence-electron chi connectivity index (χ2n) is 6.45. The zero-order valence-electron chi connectivity index (χ0n) is 14.0. The van der Waals surface area contributed by atoms with Crippen LogP contribution in [0.25, 0.3) is 11.1 Å². The molecule has 5 heteroatoms. The van der Waals surface area contributed by atoms with Gasteiger partial charge in [0.15, 0.2) is 5.58 Å². The number of likely N-dealkylation sites (tertiary alicyclic amines) is 1. The summed E-state index contributed by atoms with van der Waals surface area (Å²) in [7, 11) is 2.16. The zero-order chi connectivity index (χ0) is 16.2. The molecule has 3 rings (SSSR count). The average Bonchev–Trinajstić information content (AvgIpc) is 3.07. The number of fused-ring (bicyclic) bond motifs is 1. The van der Waals surface area contributed by atoms with Gasteiger partial charge in [-0.25, -0.2) is 0 Å². The van der Waals surface area contributed by atoms with E-state index < -0.39 is 0 Å². The Morgan fingerprint density at radius 2 is 2.22 bits per heavy atom. The first-order valence-corrected chi connectivity index (χ1v) is 8.48. The van der Waals surface area contributed by atoms with Crippen molar-refractivity contribution in [2.75, 3.05) is 33.2 Å². The van der Waals surface area contributed by atoms with Crippen molar-refractivity contribution < 1.29 is 9.21 Å². The number of nitrogens with zero attached hydrogens (tertiary/aromatic N) is 3. The van der Waals surface area contributed by atoms with E-state index in [4.69, 9.17) is 4.42 Å². The molecule has 1 fully saturated rings. The molecule has 0 bridgehead atoms. The van der Waals surface area contributed by atoms with Crippen molar-refractivity contribution in [1.82, 2.24) is 14.8 Å². The van der Waals surface area contributed by atoms with Crippen LogP contribution in [0.5, 0.6) is 0 Å². The fraction of sp³-hybridized carbons (Fsp3) is 0.556. The fourth-order valence-electron chi connectivity index (χ4n) is 3.13. The van der Waals surface area contributed by atoms with E-state index in [0.717, 1.165) is 50.5 Å². The number of furan rings is 1. The molecule has 1 aliphatic rings. The van der Waals surface area contributed by atoms with Gasteiger partial charge < -0.3 is 14.2 Å². The molecule has 0 radical (unpaired) electrons. The minimum absolute atomic E-state index is 0.0694. The normalized spacial score (nSPS) is 16.4. The van der Waals surface area contributed by atoms with Gasteiger partial charge in [0, 0.05) is 25.4 Å². The number of hydrogen-bond donors (Lipinski definition) is 0. The van der Waals surface area contributed by atoms with E-state index in [0.29, 0.717) is 11.1 Å². The molecule has 2 aromatic heterocycles. The van der Waals surface area contributed by atoms with Crippen LogP contribution in [0, 0.1) is 5.92 Å². The molecule has 124 valence electrons. The first-order valence-electron chi connectivity index (χ1n) is 8.48. The third kappa shape index (κ3) is 3.72. The number of carbonyl (C=O) groups is 1. The molecule has 0 saturated carbocycles. The SMILES string of the molecule is CCN(C)CCC1CCN(C(=O)c2cnc3ccoc3c2)CC1. The number of carbonyl (C=O) groups excluding carboxylic acids is 1. The first-order chi connectivity index (χ1) is 11.2. The van der Waals surface area contributed by atoms with Gasteiger partial charge in [0.1, 0.15) is 5.52 Å². The molecule has 0 spiro atoms. The van der Waals surface area contributed by atoms with Crippen LogP contribution in [0.4, 0.5) is 0 Å². The molecular formula is C18H25N3O2. The highest BCUT2D eigenvalue weighted by Crippen LogP contribution is 2.23. The Balaban J connectivity index is 1.55. The van der Waals surface area contributed by atoms with Crippen molar-refractivity contribution in [3.8, 4) is 0 Å². The third-order valence-electron chi connectivity index (χ3n) is 4.91. The quantitative estimate of drug-likeness (QED) is 0.851. The molecule has 1 saturated heterocycles. The molecule has 0 atom stereocenters. The van der Waals surface area contributed by atoms with Crippen molar-refractivity contribution in [2.45, 2.75) is 26.2 Å². The van der Waals surface area contributed by atoms with Gasteiger partial charge in [-0.05, 0) is 51.4 Å². The topological polar surface area (TPSA) is 49.6 Å². The number of hydrogen-bond acceptors (Lipinski definition) is 4. The van der Waals surface area contributed by atoms with Gasteiger partial charge in [-0.15, -0.1) is 0 Å². The van der Waals surface area contributed by atoms with Gasteiger partial charge in [-0.3, -0.25) is 9.78 Å². The van der Waals surface area contributed by atoms with E-state index in [1.54, 1.807) is 18.5 Å². The standard InChI is InChI=1S/C18H25N3O2/c1-3-20(2)8-4-14-5-9-21(10-6-14)18(22)15-12-17-16(19-13-15)7-11-23-17/h7,11-14H,3-6,8-10H2,1-2H3. The second kappa shape index (κ2) is 7.13. The Morgan fingerprint density at radius 3 is 2.96 bits per heavy atom. The monoisotopic (exact) mass is 315 g/mol. The summed E-state index contributed by atoms with van der Waals surface area (Å²) in [5.41, 5.74) is 2.09. The smallest absolute Gasteiger partial charge is 0.255 e. The van der Waals surface area contributed by atoms with E-state index in [-0.39, 0.29) is 5.91 Å². The van der Waals surface area contributed by atoms with Crippen LogP contribution in [0.1, 0.15) is 36.5 Å². The summed E-state index contributed by atoms with van der Waals surface area (Å²) in [6.45, 7) is 6.12. The Morgan fingerprint density at radius 1 is 1.43 bits per heavy atom. The minimum Gasteiger partial charge on any atom is -0.463 e. The molecule has 3 heterocycles. The lowest BCUT2D eigenvalue weighted by molar-refractivity contribution is 0.0682. The van der Waals surface area contributed by atoms with Gasteiger partial charge in [0.25, 0.3) is 5.91 Å². The Bertz CT molecular complexity index is 659. The summed E-state index contributed by atoms with van der Waals surface area (Å²) < 4.78 is 5.34. The Hall–Kier alpha value is -1.88. The molecule has 1 aliphatic heterocycles. The maximum Gasteiger partial charge on any atom is 0.255 e. The van der Waals surface area contributed by atoms with Crippen molar-refractivity contribution in [3.63, 3.8) is 0 Å². The lowest BCUT2D eigenvalue weighted by Crippen LogP contribution is -2.39. The van der Waals surface area contributed by atoms with Crippen molar-refractivity contribution in [2.24, 2.45) is 5.92 Å². The predicted octanol–water partition coefficient (Wildman–Crippen LogP) is 3.02. The summed E-state index contributed by atoms with van der Waals surface area (Å²) in [6.07, 6.45) is 6.68. The maximum atomic E-state index is 12.6. The van der Waals surface area contributed by atoms with Crippen molar-refractivity contribution in [1.29, 1.82) is 0 Å². The van der Waals surface area contributed by atoms with E-state index in [1.807, 2.05) is 11.0 Å². The lowest BCUT2D eigenvalue weighted by Gasteiger charge is -2.32. The van der Waals surface area contributed by atoms with Crippen LogP contribution in [-0.4, -0.2) is 53.9 Å². The van der Waals surface area contributed by atoms with Crippen molar-refractivity contribution >= 4 is 17.0 Å². The molecule has 0 aliphatic carbocycles. The van der Waals surface area contributed by atoms with Gasteiger partial charge in [-0.2, -0.15) is 0 Å². The van der Waals surface area contributed by atoms with Crippen LogP contribution in [0.2, 0.25) is 0 Å². The fourth-order valence-corrected chi connectivity index (χ4v) is 3.13.